The standard InChI is InChI=1S/C14H22N2O4/c17-10-9-15-5-7-16(8-6-15)13(18)11-3-1-2-4-12(11)14(19)20/h1-2,11-12,17H,3-10H2,(H,19,20)/t11-,12+/m1/s1. The Morgan fingerprint density at radius 1 is 1.05 bits per heavy atom. The summed E-state index contributed by atoms with van der Waals surface area (Å²) in [7, 11) is 0. The van der Waals surface area contributed by atoms with Crippen LogP contribution >= 0.6 is 0 Å². The van der Waals surface area contributed by atoms with Gasteiger partial charge in [0, 0.05) is 32.7 Å². The van der Waals surface area contributed by atoms with E-state index in [1.165, 1.54) is 0 Å². The number of nitrogens with zero attached hydrogens (tertiary/aromatic N) is 2. The first-order valence-corrected chi connectivity index (χ1v) is 7.13. The Kier molecular flexibility index (Phi) is 5.14. The van der Waals surface area contributed by atoms with Crippen molar-refractivity contribution in [3.8, 4) is 0 Å². The number of carbonyl (C=O) groups excluding carboxylic acids is 1. The number of β-amino-alcohol motifs (C(OH)–C–C–N with tert-alkyl or cyclic N) is 1. The fraction of sp³-hybridized carbons (Fsp3) is 0.714. The van der Waals surface area contributed by atoms with Gasteiger partial charge in [-0.15, -0.1) is 0 Å². The number of carbonyl (C=O) groups is 2. The molecule has 1 aliphatic heterocycles. The van der Waals surface area contributed by atoms with Gasteiger partial charge in [0.2, 0.25) is 5.91 Å². The zero-order chi connectivity index (χ0) is 14.5. The van der Waals surface area contributed by atoms with E-state index in [-0.39, 0.29) is 12.5 Å². The third-order valence-corrected chi connectivity index (χ3v) is 4.17. The van der Waals surface area contributed by atoms with E-state index in [0.29, 0.717) is 32.5 Å². The van der Waals surface area contributed by atoms with Crippen LogP contribution in [-0.4, -0.2) is 71.2 Å². The van der Waals surface area contributed by atoms with Crippen molar-refractivity contribution in [2.24, 2.45) is 11.8 Å². The minimum atomic E-state index is -0.883. The molecule has 6 nitrogen and oxygen atoms in total. The molecule has 20 heavy (non-hydrogen) atoms. The summed E-state index contributed by atoms with van der Waals surface area (Å²) in [6.45, 7) is 3.48. The van der Waals surface area contributed by atoms with E-state index in [0.717, 1.165) is 13.1 Å². The third-order valence-electron chi connectivity index (χ3n) is 4.17. The van der Waals surface area contributed by atoms with Gasteiger partial charge in [0.05, 0.1) is 18.4 Å². The number of aliphatic carboxylic acids is 1. The largest absolute Gasteiger partial charge is 0.481 e. The topological polar surface area (TPSA) is 81.1 Å². The average molecular weight is 282 g/mol. The van der Waals surface area contributed by atoms with Crippen molar-refractivity contribution in [3.63, 3.8) is 0 Å². The summed E-state index contributed by atoms with van der Waals surface area (Å²) in [5, 5.41) is 18.1. The highest BCUT2D eigenvalue weighted by atomic mass is 16.4. The van der Waals surface area contributed by atoms with Crippen LogP contribution in [0.2, 0.25) is 0 Å². The molecule has 0 unspecified atom stereocenters. The molecule has 2 rings (SSSR count). The normalized spacial score (nSPS) is 27.6. The molecule has 1 heterocycles. The van der Waals surface area contributed by atoms with E-state index in [4.69, 9.17) is 5.11 Å². The van der Waals surface area contributed by atoms with Crippen LogP contribution in [0, 0.1) is 11.8 Å². The number of allylic oxidation sites excluding steroid dienone is 2. The van der Waals surface area contributed by atoms with Crippen LogP contribution < -0.4 is 0 Å². The summed E-state index contributed by atoms with van der Waals surface area (Å²) >= 11 is 0. The van der Waals surface area contributed by atoms with Crippen LogP contribution in [0.25, 0.3) is 0 Å². The van der Waals surface area contributed by atoms with Crippen molar-refractivity contribution >= 4 is 11.9 Å². The van der Waals surface area contributed by atoms with Gasteiger partial charge in [-0.3, -0.25) is 14.5 Å². The second-order valence-electron chi connectivity index (χ2n) is 5.38. The molecular formula is C14H22N2O4. The molecule has 0 bridgehead atoms. The summed E-state index contributed by atoms with van der Waals surface area (Å²) in [5.74, 6) is -1.94. The fourth-order valence-electron chi connectivity index (χ4n) is 2.93. The van der Waals surface area contributed by atoms with Crippen LogP contribution in [-0.2, 0) is 9.59 Å². The molecule has 0 aromatic rings. The monoisotopic (exact) mass is 282 g/mol. The van der Waals surface area contributed by atoms with Crippen LogP contribution in [0.1, 0.15) is 12.8 Å². The van der Waals surface area contributed by atoms with Crippen molar-refractivity contribution in [2.45, 2.75) is 12.8 Å². The Hall–Kier alpha value is -1.40. The van der Waals surface area contributed by atoms with Crippen LogP contribution in [0.5, 0.6) is 0 Å². The molecule has 2 N–H and O–H groups in total. The Balaban J connectivity index is 1.94. The average Bonchev–Trinajstić information content (AvgIpc) is 2.47. The minimum Gasteiger partial charge on any atom is -0.481 e. The third kappa shape index (κ3) is 3.37. The first-order valence-electron chi connectivity index (χ1n) is 7.13. The lowest BCUT2D eigenvalue weighted by atomic mass is 9.82. The summed E-state index contributed by atoms with van der Waals surface area (Å²) in [5.41, 5.74) is 0. The van der Waals surface area contributed by atoms with Crippen molar-refractivity contribution in [1.29, 1.82) is 0 Å². The molecule has 0 aromatic heterocycles. The molecule has 6 heteroatoms. The molecule has 0 radical (unpaired) electrons. The zero-order valence-corrected chi connectivity index (χ0v) is 11.6. The second-order valence-corrected chi connectivity index (χ2v) is 5.38. The molecule has 2 atom stereocenters. The van der Waals surface area contributed by atoms with Gasteiger partial charge >= 0.3 is 5.97 Å². The molecule has 112 valence electrons. The number of piperazine rings is 1. The number of hydrogen-bond donors (Lipinski definition) is 2. The predicted octanol–water partition coefficient (Wildman–Crippen LogP) is -0.210. The van der Waals surface area contributed by atoms with E-state index in [1.54, 1.807) is 4.90 Å². The van der Waals surface area contributed by atoms with E-state index in [9.17, 15) is 14.7 Å². The number of aliphatic hydroxyl groups excluding tert-OH is 1. The highest BCUT2D eigenvalue weighted by Gasteiger charge is 2.37. The minimum absolute atomic E-state index is 0.0367. The Labute approximate surface area is 118 Å². The molecule has 0 spiro atoms. The lowest BCUT2D eigenvalue weighted by Gasteiger charge is -2.37. The molecule has 1 amide bonds. The van der Waals surface area contributed by atoms with Gasteiger partial charge in [0.25, 0.3) is 0 Å². The first kappa shape index (κ1) is 15.0. The van der Waals surface area contributed by atoms with Gasteiger partial charge in [0.1, 0.15) is 0 Å². The highest BCUT2D eigenvalue weighted by Crippen LogP contribution is 2.28. The predicted molar refractivity (Wildman–Crippen MR) is 73.1 cm³/mol. The Morgan fingerprint density at radius 2 is 1.65 bits per heavy atom. The van der Waals surface area contributed by atoms with E-state index >= 15 is 0 Å². The van der Waals surface area contributed by atoms with Gasteiger partial charge in [-0.1, -0.05) is 12.2 Å². The van der Waals surface area contributed by atoms with Gasteiger partial charge < -0.3 is 15.1 Å². The quantitative estimate of drug-likeness (QED) is 0.697. The molecular weight excluding hydrogens is 260 g/mol. The highest BCUT2D eigenvalue weighted by molar-refractivity contribution is 5.85. The van der Waals surface area contributed by atoms with Crippen molar-refractivity contribution in [2.75, 3.05) is 39.3 Å². The maximum absolute atomic E-state index is 12.5. The van der Waals surface area contributed by atoms with E-state index < -0.39 is 17.8 Å². The molecule has 1 saturated heterocycles. The molecule has 1 fully saturated rings. The molecule has 0 saturated carbocycles. The lowest BCUT2D eigenvalue weighted by molar-refractivity contribution is -0.151. The molecule has 2 aliphatic rings. The van der Waals surface area contributed by atoms with Crippen LogP contribution in [0.4, 0.5) is 0 Å². The van der Waals surface area contributed by atoms with Gasteiger partial charge in [-0.2, -0.15) is 0 Å². The Bertz CT molecular complexity index is 389. The number of carboxylic acid groups (broad SMARTS) is 1. The van der Waals surface area contributed by atoms with E-state index in [1.807, 2.05) is 12.2 Å². The van der Waals surface area contributed by atoms with Gasteiger partial charge in [-0.25, -0.2) is 0 Å². The molecule has 1 aliphatic carbocycles. The number of aliphatic hydroxyl groups is 1. The van der Waals surface area contributed by atoms with Crippen molar-refractivity contribution in [1.82, 2.24) is 9.80 Å². The smallest absolute Gasteiger partial charge is 0.307 e. The number of hydrogen-bond acceptors (Lipinski definition) is 4. The summed E-state index contributed by atoms with van der Waals surface area (Å²) in [6, 6.07) is 0. The zero-order valence-electron chi connectivity index (χ0n) is 11.6. The fourth-order valence-corrected chi connectivity index (χ4v) is 2.93. The summed E-state index contributed by atoms with van der Waals surface area (Å²) in [6.07, 6.45) is 4.72. The van der Waals surface area contributed by atoms with Gasteiger partial charge in [-0.05, 0) is 12.8 Å². The van der Waals surface area contributed by atoms with Crippen LogP contribution in [0.3, 0.4) is 0 Å². The van der Waals surface area contributed by atoms with E-state index in [2.05, 4.69) is 4.90 Å². The number of amides is 1. The van der Waals surface area contributed by atoms with Crippen LogP contribution in [0.15, 0.2) is 12.2 Å². The van der Waals surface area contributed by atoms with Crippen molar-refractivity contribution < 1.29 is 19.8 Å². The van der Waals surface area contributed by atoms with Gasteiger partial charge in [0.15, 0.2) is 0 Å². The Morgan fingerprint density at radius 3 is 2.20 bits per heavy atom. The van der Waals surface area contributed by atoms with Crippen molar-refractivity contribution in [3.05, 3.63) is 12.2 Å². The maximum atomic E-state index is 12.5. The second kappa shape index (κ2) is 6.85. The molecule has 0 aromatic carbocycles. The number of carboxylic acids is 1. The lowest BCUT2D eigenvalue weighted by Crippen LogP contribution is -2.52. The summed E-state index contributed by atoms with van der Waals surface area (Å²) < 4.78 is 0. The number of rotatable bonds is 4. The first-order chi connectivity index (χ1) is 9.63. The SMILES string of the molecule is O=C(O)[C@H]1CC=CC[C@H]1C(=O)N1CCN(CCO)CC1. The maximum Gasteiger partial charge on any atom is 0.307 e. The summed E-state index contributed by atoms with van der Waals surface area (Å²) in [4.78, 5) is 27.6.